The van der Waals surface area contributed by atoms with E-state index in [1.165, 1.54) is 0 Å². The predicted molar refractivity (Wildman–Crippen MR) is 125 cm³/mol. The number of anilines is 1. The fourth-order valence-electron chi connectivity index (χ4n) is 2.88. The summed E-state index contributed by atoms with van der Waals surface area (Å²) in [4.78, 5) is 17.2. The third-order valence-corrected chi connectivity index (χ3v) is 5.57. The van der Waals surface area contributed by atoms with Gasteiger partial charge in [0.15, 0.2) is 5.58 Å². The molecular weight excluding hydrogens is 547 g/mol. The van der Waals surface area contributed by atoms with Gasteiger partial charge in [0, 0.05) is 19.3 Å². The normalized spacial score (nSPS) is 10.9. The molecule has 7 heteroatoms. The molecule has 5 nitrogen and oxygen atoms in total. The van der Waals surface area contributed by atoms with E-state index in [1.54, 1.807) is 36.4 Å². The molecule has 0 aliphatic heterocycles. The smallest absolute Gasteiger partial charge is 0.255 e. The van der Waals surface area contributed by atoms with E-state index in [0.29, 0.717) is 40.6 Å². The molecule has 0 aliphatic rings. The summed E-state index contributed by atoms with van der Waals surface area (Å²) in [6, 6.07) is 18.5. The summed E-state index contributed by atoms with van der Waals surface area (Å²) in [5.41, 5.74) is 3.38. The van der Waals surface area contributed by atoms with Crippen LogP contribution in [0.4, 0.5) is 5.69 Å². The highest BCUT2D eigenvalue weighted by atomic mass is 127. The van der Waals surface area contributed by atoms with Crippen molar-refractivity contribution in [1.82, 2.24) is 4.98 Å². The summed E-state index contributed by atoms with van der Waals surface area (Å²) >= 11 is 5.80. The van der Waals surface area contributed by atoms with Crippen molar-refractivity contribution in [1.29, 1.82) is 0 Å². The van der Waals surface area contributed by atoms with Crippen molar-refractivity contribution in [3.05, 3.63) is 74.3 Å². The number of oxazole rings is 1. The average molecular weight is 563 g/mol. The molecule has 0 saturated heterocycles. The summed E-state index contributed by atoms with van der Waals surface area (Å²) < 4.78 is 13.4. The van der Waals surface area contributed by atoms with E-state index in [0.717, 1.165) is 13.6 Å². The van der Waals surface area contributed by atoms with E-state index in [4.69, 9.17) is 9.15 Å². The van der Waals surface area contributed by atoms with Crippen molar-refractivity contribution >= 4 is 61.2 Å². The van der Waals surface area contributed by atoms with Crippen LogP contribution in [-0.2, 0) is 0 Å². The first-order valence-electron chi connectivity index (χ1n) is 8.93. The van der Waals surface area contributed by atoms with Crippen molar-refractivity contribution in [3.63, 3.8) is 0 Å². The molecule has 0 bridgehead atoms. The second kappa shape index (κ2) is 8.54. The van der Waals surface area contributed by atoms with Crippen LogP contribution in [-0.4, -0.2) is 17.5 Å². The van der Waals surface area contributed by atoms with Gasteiger partial charge in [0.2, 0.25) is 5.89 Å². The first kappa shape index (κ1) is 19.9. The van der Waals surface area contributed by atoms with Crippen LogP contribution in [0.3, 0.4) is 0 Å². The zero-order chi connectivity index (χ0) is 20.4. The fraction of sp³-hybridized carbons (Fsp3) is 0.0909. The molecule has 1 aromatic heterocycles. The van der Waals surface area contributed by atoms with Gasteiger partial charge in [0.05, 0.1) is 12.2 Å². The predicted octanol–water partition coefficient (Wildman–Crippen LogP) is 6.51. The molecule has 0 spiro atoms. The lowest BCUT2D eigenvalue weighted by molar-refractivity contribution is 0.102. The Morgan fingerprint density at radius 1 is 1.17 bits per heavy atom. The molecule has 0 aliphatic carbocycles. The Kier molecular flexibility index (Phi) is 5.86. The number of hydrogen-bond donors (Lipinski definition) is 1. The molecule has 0 atom stereocenters. The van der Waals surface area contributed by atoms with Gasteiger partial charge in [-0.15, -0.1) is 0 Å². The number of benzene rings is 3. The average Bonchev–Trinajstić information content (AvgIpc) is 3.13. The number of amides is 1. The van der Waals surface area contributed by atoms with Crippen LogP contribution < -0.4 is 10.1 Å². The van der Waals surface area contributed by atoms with E-state index in [2.05, 4.69) is 48.8 Å². The molecule has 1 heterocycles. The van der Waals surface area contributed by atoms with Gasteiger partial charge in [-0.2, -0.15) is 0 Å². The van der Waals surface area contributed by atoms with Gasteiger partial charge in [-0.05, 0) is 100 Å². The summed E-state index contributed by atoms with van der Waals surface area (Å²) in [7, 11) is 0. The van der Waals surface area contributed by atoms with Gasteiger partial charge in [0.1, 0.15) is 11.3 Å². The van der Waals surface area contributed by atoms with Gasteiger partial charge in [-0.3, -0.25) is 4.79 Å². The number of rotatable bonds is 5. The van der Waals surface area contributed by atoms with E-state index in [9.17, 15) is 4.79 Å². The number of carbonyl (C=O) groups excluding carboxylic acids is 1. The highest BCUT2D eigenvalue weighted by molar-refractivity contribution is 14.1. The second-order valence-corrected chi connectivity index (χ2v) is 8.34. The molecule has 0 unspecified atom stereocenters. The molecule has 3 aromatic carbocycles. The van der Waals surface area contributed by atoms with Crippen LogP contribution >= 0.6 is 38.5 Å². The van der Waals surface area contributed by atoms with E-state index >= 15 is 0 Å². The molecule has 0 fully saturated rings. The van der Waals surface area contributed by atoms with Gasteiger partial charge in [-0.25, -0.2) is 4.98 Å². The topological polar surface area (TPSA) is 64.4 Å². The van der Waals surface area contributed by atoms with Crippen LogP contribution in [0.15, 0.2) is 69.6 Å². The minimum atomic E-state index is -0.213. The zero-order valence-electron chi connectivity index (χ0n) is 15.4. The van der Waals surface area contributed by atoms with Crippen LogP contribution in [0, 0.1) is 3.57 Å². The van der Waals surface area contributed by atoms with E-state index in [-0.39, 0.29) is 5.91 Å². The minimum absolute atomic E-state index is 0.213. The lowest BCUT2D eigenvalue weighted by Gasteiger charge is -2.07. The first-order valence-corrected chi connectivity index (χ1v) is 10.8. The van der Waals surface area contributed by atoms with Crippen molar-refractivity contribution in [2.24, 2.45) is 0 Å². The number of fused-ring (bicyclic) bond motifs is 1. The first-order chi connectivity index (χ1) is 14.0. The maximum absolute atomic E-state index is 12.6. The maximum atomic E-state index is 12.6. The number of ether oxygens (including phenoxy) is 1. The quantitative estimate of drug-likeness (QED) is 0.281. The van der Waals surface area contributed by atoms with E-state index in [1.807, 2.05) is 31.2 Å². The maximum Gasteiger partial charge on any atom is 0.255 e. The molecule has 29 heavy (non-hydrogen) atoms. The lowest BCUT2D eigenvalue weighted by atomic mass is 10.2. The summed E-state index contributed by atoms with van der Waals surface area (Å²) in [5.74, 6) is 0.980. The Balaban J connectivity index is 1.60. The molecule has 1 amide bonds. The molecule has 146 valence electrons. The number of hydrogen-bond acceptors (Lipinski definition) is 4. The number of halogens is 2. The summed E-state index contributed by atoms with van der Waals surface area (Å²) in [6.45, 7) is 2.45. The Labute approximate surface area is 189 Å². The number of nitrogens with zero attached hydrogens (tertiary/aromatic N) is 1. The minimum Gasteiger partial charge on any atom is -0.494 e. The Hall–Kier alpha value is -2.39. The molecule has 4 aromatic rings. The summed E-state index contributed by atoms with van der Waals surface area (Å²) in [6.07, 6.45) is 0. The fourth-order valence-corrected chi connectivity index (χ4v) is 3.79. The molecule has 0 radical (unpaired) electrons. The van der Waals surface area contributed by atoms with Crippen LogP contribution in [0.25, 0.3) is 22.6 Å². The Morgan fingerprint density at radius 2 is 2.03 bits per heavy atom. The molecule has 4 rings (SSSR count). The highest BCUT2D eigenvalue weighted by Crippen LogP contribution is 2.32. The number of carbonyl (C=O) groups is 1. The van der Waals surface area contributed by atoms with Crippen molar-refractivity contribution in [3.8, 4) is 17.2 Å². The van der Waals surface area contributed by atoms with Crippen LogP contribution in [0.2, 0.25) is 0 Å². The lowest BCUT2D eigenvalue weighted by Crippen LogP contribution is -2.11. The van der Waals surface area contributed by atoms with Crippen molar-refractivity contribution < 1.29 is 13.9 Å². The third kappa shape index (κ3) is 4.45. The summed E-state index contributed by atoms with van der Waals surface area (Å²) in [5, 5.41) is 2.90. The van der Waals surface area contributed by atoms with Gasteiger partial charge in [-0.1, -0.05) is 6.07 Å². The molecule has 0 saturated carbocycles. The zero-order valence-corrected chi connectivity index (χ0v) is 19.2. The number of nitrogens with one attached hydrogen (secondary N) is 1. The second-order valence-electron chi connectivity index (χ2n) is 6.24. The van der Waals surface area contributed by atoms with Gasteiger partial charge in [0.25, 0.3) is 5.91 Å². The van der Waals surface area contributed by atoms with E-state index < -0.39 is 0 Å². The SMILES string of the molecule is CCOc1cccc(C(=O)Nc2ccc3oc(-c4cc(I)ccc4Br)nc3c2)c1. The van der Waals surface area contributed by atoms with Crippen molar-refractivity contribution in [2.75, 3.05) is 11.9 Å². The number of aromatic nitrogens is 1. The largest absolute Gasteiger partial charge is 0.494 e. The standard InChI is InChI=1S/C22H16BrIN2O3/c1-2-28-16-5-3-4-13(10-16)21(27)25-15-7-9-20-19(12-15)26-22(29-20)17-11-14(24)6-8-18(17)23/h3-12H,2H2,1H3,(H,25,27). The Morgan fingerprint density at radius 3 is 2.86 bits per heavy atom. The highest BCUT2D eigenvalue weighted by Gasteiger charge is 2.13. The van der Waals surface area contributed by atoms with Crippen LogP contribution in [0.1, 0.15) is 17.3 Å². The van der Waals surface area contributed by atoms with Gasteiger partial charge >= 0.3 is 0 Å². The van der Waals surface area contributed by atoms with Gasteiger partial charge < -0.3 is 14.5 Å². The van der Waals surface area contributed by atoms with Crippen LogP contribution in [0.5, 0.6) is 5.75 Å². The Bertz CT molecular complexity index is 1210. The van der Waals surface area contributed by atoms with Crippen molar-refractivity contribution in [2.45, 2.75) is 6.92 Å². The molecular formula is C22H16BrIN2O3. The molecule has 1 N–H and O–H groups in total. The monoisotopic (exact) mass is 562 g/mol. The third-order valence-electron chi connectivity index (χ3n) is 4.21.